The summed E-state index contributed by atoms with van der Waals surface area (Å²) in [6, 6.07) is 4.18. The zero-order valence-corrected chi connectivity index (χ0v) is 26.5. The number of alkyl halides is 3. The van der Waals surface area contributed by atoms with E-state index in [1.165, 1.54) is 42.8 Å². The number of nitrogens with one attached hydrogen (secondary N) is 1. The first kappa shape index (κ1) is 35.1. The van der Waals surface area contributed by atoms with E-state index in [0.717, 1.165) is 12.6 Å². The Bertz CT molecular complexity index is 1640. The average molecular weight is 641 g/mol. The van der Waals surface area contributed by atoms with Gasteiger partial charge in [-0.3, -0.25) is 4.57 Å². The summed E-state index contributed by atoms with van der Waals surface area (Å²) in [5.74, 6) is 0.645. The summed E-state index contributed by atoms with van der Waals surface area (Å²) in [6.07, 6.45) is -3.91. The van der Waals surface area contributed by atoms with Crippen LogP contribution in [0.3, 0.4) is 0 Å². The lowest BCUT2D eigenvalue weighted by Crippen LogP contribution is -2.41. The van der Waals surface area contributed by atoms with Crippen molar-refractivity contribution in [3.63, 3.8) is 0 Å². The number of anilines is 2. The second-order valence-corrected chi connectivity index (χ2v) is 11.6. The van der Waals surface area contributed by atoms with E-state index in [0.29, 0.717) is 40.2 Å². The molecule has 242 valence electrons. The summed E-state index contributed by atoms with van der Waals surface area (Å²) >= 11 is 0.416. The summed E-state index contributed by atoms with van der Waals surface area (Å²) in [5.41, 5.74) is -1.51. The maximum atomic E-state index is 13.2. The van der Waals surface area contributed by atoms with Crippen molar-refractivity contribution in [2.45, 2.75) is 91.6 Å². The molecule has 0 amide bonds. The fraction of sp³-hybridized carbons (Fsp3) is 0.517. The van der Waals surface area contributed by atoms with Crippen molar-refractivity contribution < 1.29 is 33.6 Å². The molecule has 0 bridgehead atoms. The lowest BCUT2D eigenvalue weighted by Gasteiger charge is -2.19. The maximum Gasteiger partial charge on any atom is 0.427 e. The number of fused-ring (bicyclic) bond motifs is 1. The molecule has 1 fully saturated rings. The molecule has 0 radical (unpaired) electrons. The fourth-order valence-corrected chi connectivity index (χ4v) is 5.70. The molecule has 1 aliphatic carbocycles. The Morgan fingerprint density at radius 3 is 2.11 bits per heavy atom. The van der Waals surface area contributed by atoms with Gasteiger partial charge in [0.15, 0.2) is 0 Å². The molecule has 4 heterocycles. The highest BCUT2D eigenvalue weighted by Gasteiger charge is 2.35. The third-order valence-electron chi connectivity index (χ3n) is 6.88. The fourth-order valence-electron chi connectivity index (χ4n) is 4.95. The van der Waals surface area contributed by atoms with Crippen molar-refractivity contribution in [1.82, 2.24) is 24.1 Å². The van der Waals surface area contributed by atoms with Gasteiger partial charge < -0.3 is 25.7 Å². The van der Waals surface area contributed by atoms with Crippen molar-refractivity contribution in [2.24, 2.45) is 5.92 Å². The van der Waals surface area contributed by atoms with Crippen LogP contribution in [-0.2, 0) is 17.9 Å². The molecule has 15 heteroatoms. The first-order valence-corrected chi connectivity index (χ1v) is 15.2. The van der Waals surface area contributed by atoms with Gasteiger partial charge in [0.1, 0.15) is 27.2 Å². The molecule has 5 rings (SSSR count). The molecular formula is C29H39F3N6O5S. The molecule has 5 N–H and O–H groups in total. The van der Waals surface area contributed by atoms with E-state index in [2.05, 4.69) is 20.3 Å². The Balaban J connectivity index is 0.00000127. The highest BCUT2D eigenvalue weighted by Crippen LogP contribution is 2.38. The Labute approximate surface area is 256 Å². The van der Waals surface area contributed by atoms with Crippen molar-refractivity contribution in [3.8, 4) is 10.7 Å². The van der Waals surface area contributed by atoms with Gasteiger partial charge in [0.25, 0.3) is 0 Å². The number of halogens is 3. The maximum absolute atomic E-state index is 13.2. The van der Waals surface area contributed by atoms with Crippen LogP contribution >= 0.6 is 11.3 Å². The predicted octanol–water partition coefficient (Wildman–Crippen LogP) is 5.66. The van der Waals surface area contributed by atoms with E-state index in [4.69, 9.17) is 0 Å². The van der Waals surface area contributed by atoms with Gasteiger partial charge in [0, 0.05) is 12.1 Å². The molecule has 0 aromatic carbocycles. The average Bonchev–Trinajstić information content (AvgIpc) is 3.67. The number of aromatic nitrogens is 5. The highest BCUT2D eigenvalue weighted by molar-refractivity contribution is 7.15. The molecule has 4 aromatic heterocycles. The van der Waals surface area contributed by atoms with Crippen LogP contribution in [0.15, 0.2) is 35.4 Å². The van der Waals surface area contributed by atoms with Gasteiger partial charge in [-0.2, -0.15) is 13.2 Å². The molecule has 11 nitrogen and oxygen atoms in total. The zero-order valence-electron chi connectivity index (χ0n) is 25.6. The van der Waals surface area contributed by atoms with Crippen molar-refractivity contribution in [2.75, 3.05) is 5.32 Å². The Morgan fingerprint density at radius 1 is 0.932 bits per heavy atom. The topological polar surface area (TPSA) is 159 Å². The first-order valence-electron chi connectivity index (χ1n) is 14.4. The minimum absolute atomic E-state index is 0.00340. The summed E-state index contributed by atoms with van der Waals surface area (Å²) in [4.78, 5) is 24.8. The van der Waals surface area contributed by atoms with E-state index < -0.39 is 28.4 Å². The first-order chi connectivity index (χ1) is 20.5. The molecule has 0 aliphatic heterocycles. The van der Waals surface area contributed by atoms with E-state index in [9.17, 15) is 38.4 Å². The van der Waals surface area contributed by atoms with E-state index >= 15 is 0 Å². The molecule has 2 atom stereocenters. The molecule has 1 saturated carbocycles. The Hall–Kier alpha value is -3.37. The van der Waals surface area contributed by atoms with Crippen LogP contribution in [0, 0.1) is 5.92 Å². The molecule has 0 saturated heterocycles. The van der Waals surface area contributed by atoms with Gasteiger partial charge in [0.05, 0.1) is 29.0 Å². The van der Waals surface area contributed by atoms with Crippen LogP contribution < -0.4 is 11.0 Å². The van der Waals surface area contributed by atoms with Crippen molar-refractivity contribution in [1.29, 1.82) is 0 Å². The monoisotopic (exact) mass is 640 g/mol. The summed E-state index contributed by atoms with van der Waals surface area (Å²) in [6.45, 7) is 13.1. The van der Waals surface area contributed by atoms with Gasteiger partial charge in [-0.15, -0.1) is 11.3 Å². The van der Waals surface area contributed by atoms with Crippen LogP contribution in [0.5, 0.6) is 0 Å². The summed E-state index contributed by atoms with van der Waals surface area (Å²) in [7, 11) is 0. The number of thiazole rings is 1. The zero-order chi connectivity index (χ0) is 33.2. The largest absolute Gasteiger partial charge is 0.427 e. The van der Waals surface area contributed by atoms with Gasteiger partial charge in [-0.1, -0.05) is 34.6 Å². The predicted molar refractivity (Wildman–Crippen MR) is 162 cm³/mol. The van der Waals surface area contributed by atoms with E-state index in [-0.39, 0.29) is 39.4 Å². The molecule has 1 aliphatic rings. The number of imidazole rings is 1. The lowest BCUT2D eigenvalue weighted by atomic mass is 9.98. The highest BCUT2D eigenvalue weighted by atomic mass is 32.1. The normalized spacial score (nSPS) is 17.1. The minimum Gasteiger partial charge on any atom is -0.386 e. The second-order valence-electron chi connectivity index (χ2n) is 10.6. The Morgan fingerprint density at radius 2 is 1.59 bits per heavy atom. The van der Waals surface area contributed by atoms with E-state index in [1.54, 1.807) is 0 Å². The number of nitrogens with zero attached hydrogens (tertiary/aromatic N) is 5. The minimum atomic E-state index is -4.57. The van der Waals surface area contributed by atoms with E-state index in [1.807, 2.05) is 34.6 Å². The standard InChI is InChI=1S/C25H27F3N6O5S.2C2H6/c1-12-4-5-14(6-12)33-16-9-19(29-10-17(16)34(22(33)35)25(37,38)39)32-20-8-13(23(2,3)36)7-15(31-20)21-30-11-18(40-21)24(26,27)28;2*1-2/h7-12,14,36-39H,4-6H2,1-3H3,(H,29,31,32);2*1-2H3. The number of pyridine rings is 2. The molecule has 44 heavy (non-hydrogen) atoms. The van der Waals surface area contributed by atoms with Crippen molar-refractivity contribution >= 4 is 34.0 Å². The smallest absolute Gasteiger partial charge is 0.386 e. The Kier molecular flexibility index (Phi) is 10.6. The number of hydrogen-bond acceptors (Lipinski definition) is 10. The second kappa shape index (κ2) is 13.3. The number of aliphatic hydroxyl groups is 4. The van der Waals surface area contributed by atoms with Gasteiger partial charge in [0.2, 0.25) is 0 Å². The van der Waals surface area contributed by atoms with Crippen LogP contribution in [0.2, 0.25) is 0 Å². The van der Waals surface area contributed by atoms with Gasteiger partial charge in [-0.25, -0.2) is 24.3 Å². The number of rotatable bonds is 6. The molecule has 0 spiro atoms. The summed E-state index contributed by atoms with van der Waals surface area (Å²) < 4.78 is 41.3. The van der Waals surface area contributed by atoms with Crippen LogP contribution in [-0.4, -0.2) is 44.5 Å². The van der Waals surface area contributed by atoms with Crippen LogP contribution in [0.1, 0.15) is 84.2 Å². The lowest BCUT2D eigenvalue weighted by molar-refractivity contribution is -0.374. The van der Waals surface area contributed by atoms with Crippen LogP contribution in [0.4, 0.5) is 24.8 Å². The van der Waals surface area contributed by atoms with Gasteiger partial charge in [-0.05, 0) is 56.7 Å². The molecular weight excluding hydrogens is 601 g/mol. The molecule has 4 aromatic rings. The molecule has 2 unspecified atom stereocenters. The van der Waals surface area contributed by atoms with Crippen LogP contribution in [0.25, 0.3) is 21.7 Å². The third-order valence-corrected chi connectivity index (χ3v) is 7.95. The third kappa shape index (κ3) is 7.46. The SMILES string of the molecule is CC.CC.CC1CCC(n2c(=O)n(C(O)(O)O)c3cnc(Nc4cc(C(C)(C)O)cc(-c5ncc(C(F)(F)F)s5)n4)cc32)C1. The summed E-state index contributed by atoms with van der Waals surface area (Å²) in [5, 5.41) is 43.2. The van der Waals surface area contributed by atoms with Gasteiger partial charge >= 0.3 is 18.0 Å². The quantitative estimate of drug-likeness (QED) is 0.168. The number of hydrogen-bond donors (Lipinski definition) is 5. The van der Waals surface area contributed by atoms with Crippen molar-refractivity contribution in [3.05, 3.63) is 51.5 Å².